The highest BCUT2D eigenvalue weighted by molar-refractivity contribution is 8.00. The molecule has 0 amide bonds. The standard InChI is InChI=1S/C13H26N2S2/c1-3-4-10-14-12(16)15-11-13(17-2)8-6-5-7-9-13/h3-11H2,1-2H3,(H2,14,15,16). The van der Waals surface area contributed by atoms with Crippen molar-refractivity contribution in [1.29, 1.82) is 0 Å². The molecule has 0 spiro atoms. The molecule has 0 atom stereocenters. The Bertz CT molecular complexity index is 225. The van der Waals surface area contributed by atoms with E-state index in [1.54, 1.807) is 0 Å². The highest BCUT2D eigenvalue weighted by Gasteiger charge is 2.30. The van der Waals surface area contributed by atoms with Crippen LogP contribution in [0.5, 0.6) is 0 Å². The first kappa shape index (κ1) is 15.1. The zero-order valence-electron chi connectivity index (χ0n) is 11.2. The normalized spacial score (nSPS) is 18.7. The lowest BCUT2D eigenvalue weighted by atomic mass is 9.88. The van der Waals surface area contributed by atoms with Gasteiger partial charge in [-0.25, -0.2) is 0 Å². The van der Waals surface area contributed by atoms with Crippen molar-refractivity contribution in [2.45, 2.75) is 56.6 Å². The summed E-state index contributed by atoms with van der Waals surface area (Å²) in [5.74, 6) is 0. The van der Waals surface area contributed by atoms with Crippen LogP contribution in [0.4, 0.5) is 0 Å². The molecule has 2 N–H and O–H groups in total. The zero-order chi connectivity index (χ0) is 12.6. The lowest BCUT2D eigenvalue weighted by Gasteiger charge is -2.36. The van der Waals surface area contributed by atoms with E-state index in [-0.39, 0.29) is 0 Å². The summed E-state index contributed by atoms with van der Waals surface area (Å²) >= 11 is 7.32. The molecule has 100 valence electrons. The average Bonchev–Trinajstić information content (AvgIpc) is 2.38. The van der Waals surface area contributed by atoms with E-state index in [0.717, 1.165) is 18.2 Å². The average molecular weight is 274 g/mol. The molecule has 0 aliphatic heterocycles. The molecule has 0 radical (unpaired) electrons. The fourth-order valence-corrected chi connectivity index (χ4v) is 3.42. The third-order valence-electron chi connectivity index (χ3n) is 3.58. The molecule has 1 rings (SSSR count). The molecule has 2 nitrogen and oxygen atoms in total. The Morgan fingerprint density at radius 2 is 1.94 bits per heavy atom. The summed E-state index contributed by atoms with van der Waals surface area (Å²) in [7, 11) is 0. The zero-order valence-corrected chi connectivity index (χ0v) is 12.8. The number of unbranched alkanes of at least 4 members (excludes halogenated alkanes) is 1. The monoisotopic (exact) mass is 274 g/mol. The Labute approximate surface area is 116 Å². The van der Waals surface area contributed by atoms with Gasteiger partial charge in [0.05, 0.1) is 0 Å². The highest BCUT2D eigenvalue weighted by atomic mass is 32.2. The predicted molar refractivity (Wildman–Crippen MR) is 82.8 cm³/mol. The van der Waals surface area contributed by atoms with Crippen molar-refractivity contribution in [1.82, 2.24) is 10.6 Å². The van der Waals surface area contributed by atoms with Crippen molar-refractivity contribution < 1.29 is 0 Å². The van der Waals surface area contributed by atoms with Gasteiger partial charge in [0.25, 0.3) is 0 Å². The van der Waals surface area contributed by atoms with Gasteiger partial charge in [0, 0.05) is 17.8 Å². The van der Waals surface area contributed by atoms with E-state index < -0.39 is 0 Å². The van der Waals surface area contributed by atoms with E-state index in [1.807, 2.05) is 11.8 Å². The Balaban J connectivity index is 2.24. The first-order chi connectivity index (χ1) is 8.22. The predicted octanol–water partition coefficient (Wildman–Crippen LogP) is 3.32. The molecule has 1 saturated carbocycles. The van der Waals surface area contributed by atoms with E-state index in [2.05, 4.69) is 23.8 Å². The van der Waals surface area contributed by atoms with E-state index >= 15 is 0 Å². The van der Waals surface area contributed by atoms with Crippen LogP contribution in [0, 0.1) is 0 Å². The molecular weight excluding hydrogens is 248 g/mol. The van der Waals surface area contributed by atoms with E-state index in [4.69, 9.17) is 12.2 Å². The van der Waals surface area contributed by atoms with Crippen LogP contribution in [0.25, 0.3) is 0 Å². The Morgan fingerprint density at radius 1 is 1.24 bits per heavy atom. The van der Waals surface area contributed by atoms with Crippen molar-refractivity contribution in [2.24, 2.45) is 0 Å². The van der Waals surface area contributed by atoms with Crippen LogP contribution < -0.4 is 10.6 Å². The molecule has 0 unspecified atom stereocenters. The number of rotatable bonds is 6. The summed E-state index contributed by atoms with van der Waals surface area (Å²) in [6.45, 7) is 4.21. The molecule has 17 heavy (non-hydrogen) atoms. The van der Waals surface area contributed by atoms with Crippen molar-refractivity contribution in [3.05, 3.63) is 0 Å². The molecule has 0 heterocycles. The van der Waals surface area contributed by atoms with Crippen LogP contribution in [-0.4, -0.2) is 29.2 Å². The minimum Gasteiger partial charge on any atom is -0.363 e. The third kappa shape index (κ3) is 5.47. The van der Waals surface area contributed by atoms with Crippen LogP contribution in [0.15, 0.2) is 0 Å². The first-order valence-electron chi connectivity index (χ1n) is 6.79. The first-order valence-corrected chi connectivity index (χ1v) is 8.42. The molecule has 4 heteroatoms. The molecule has 1 fully saturated rings. The Hall–Kier alpha value is 0.0400. The van der Waals surface area contributed by atoms with Gasteiger partial charge in [0.15, 0.2) is 5.11 Å². The number of thiocarbonyl (C=S) groups is 1. The minimum absolute atomic E-state index is 0.425. The van der Waals surface area contributed by atoms with Gasteiger partial charge in [0.1, 0.15) is 0 Å². The van der Waals surface area contributed by atoms with E-state index in [9.17, 15) is 0 Å². The molecular formula is C13H26N2S2. The summed E-state index contributed by atoms with van der Waals surface area (Å²) in [5.41, 5.74) is 0. The fraction of sp³-hybridized carbons (Fsp3) is 0.923. The summed E-state index contributed by atoms with van der Waals surface area (Å²) < 4.78 is 0.425. The molecule has 0 saturated heterocycles. The minimum atomic E-state index is 0.425. The van der Waals surface area contributed by atoms with E-state index in [1.165, 1.54) is 44.9 Å². The lowest BCUT2D eigenvalue weighted by molar-refractivity contribution is 0.394. The molecule has 0 aromatic carbocycles. The second-order valence-corrected chi connectivity index (χ2v) is 6.59. The molecule has 0 aromatic heterocycles. The van der Waals surface area contributed by atoms with Gasteiger partial charge in [-0.2, -0.15) is 11.8 Å². The van der Waals surface area contributed by atoms with Gasteiger partial charge in [-0.05, 0) is 37.7 Å². The smallest absolute Gasteiger partial charge is 0.166 e. The van der Waals surface area contributed by atoms with Crippen molar-refractivity contribution in [3.63, 3.8) is 0 Å². The van der Waals surface area contributed by atoms with Crippen molar-refractivity contribution >= 4 is 29.1 Å². The summed E-state index contributed by atoms with van der Waals surface area (Å²) in [4.78, 5) is 0. The maximum atomic E-state index is 5.30. The molecule has 1 aliphatic rings. The van der Waals surface area contributed by atoms with Crippen LogP contribution in [0.3, 0.4) is 0 Å². The number of hydrogen-bond acceptors (Lipinski definition) is 2. The van der Waals surface area contributed by atoms with Crippen LogP contribution >= 0.6 is 24.0 Å². The quantitative estimate of drug-likeness (QED) is 0.573. The largest absolute Gasteiger partial charge is 0.363 e. The third-order valence-corrected chi connectivity index (χ3v) is 5.29. The van der Waals surface area contributed by atoms with Gasteiger partial charge in [-0.1, -0.05) is 32.6 Å². The molecule has 1 aliphatic carbocycles. The van der Waals surface area contributed by atoms with Crippen LogP contribution in [0.2, 0.25) is 0 Å². The van der Waals surface area contributed by atoms with E-state index in [0.29, 0.717) is 4.75 Å². The van der Waals surface area contributed by atoms with Gasteiger partial charge in [0.2, 0.25) is 0 Å². The SMILES string of the molecule is CCCCNC(=S)NCC1(SC)CCCCC1. The van der Waals surface area contributed by atoms with Crippen molar-refractivity contribution in [2.75, 3.05) is 19.3 Å². The highest BCUT2D eigenvalue weighted by Crippen LogP contribution is 2.37. The molecule has 0 aromatic rings. The maximum absolute atomic E-state index is 5.30. The van der Waals surface area contributed by atoms with Crippen LogP contribution in [0.1, 0.15) is 51.9 Å². The summed E-state index contributed by atoms with van der Waals surface area (Å²) in [6.07, 6.45) is 11.5. The summed E-state index contributed by atoms with van der Waals surface area (Å²) in [5, 5.41) is 7.51. The lowest BCUT2D eigenvalue weighted by Crippen LogP contribution is -2.45. The number of hydrogen-bond donors (Lipinski definition) is 2. The second-order valence-electron chi connectivity index (χ2n) is 4.91. The number of nitrogens with one attached hydrogen (secondary N) is 2. The van der Waals surface area contributed by atoms with Gasteiger partial charge in [-0.15, -0.1) is 0 Å². The molecule has 0 bridgehead atoms. The van der Waals surface area contributed by atoms with Gasteiger partial charge >= 0.3 is 0 Å². The van der Waals surface area contributed by atoms with Gasteiger partial charge < -0.3 is 10.6 Å². The second kappa shape index (κ2) is 8.20. The van der Waals surface area contributed by atoms with Crippen molar-refractivity contribution in [3.8, 4) is 0 Å². The Kier molecular flexibility index (Phi) is 7.28. The topological polar surface area (TPSA) is 24.1 Å². The van der Waals surface area contributed by atoms with Gasteiger partial charge in [-0.3, -0.25) is 0 Å². The van der Waals surface area contributed by atoms with Crippen LogP contribution in [-0.2, 0) is 0 Å². The number of thioether (sulfide) groups is 1. The fourth-order valence-electron chi connectivity index (χ4n) is 2.33. The maximum Gasteiger partial charge on any atom is 0.166 e. The Morgan fingerprint density at radius 3 is 2.53 bits per heavy atom. The summed E-state index contributed by atoms with van der Waals surface area (Å²) in [6, 6.07) is 0.